The van der Waals surface area contributed by atoms with Crippen LogP contribution in [0.25, 0.3) is 32.9 Å². The minimum absolute atomic E-state index is 0.00959. The third-order valence-corrected chi connectivity index (χ3v) is 3.80. The fourth-order valence-electron chi connectivity index (χ4n) is 2.76. The van der Waals surface area contributed by atoms with Gasteiger partial charge in [0.25, 0.3) is 0 Å². The molecule has 0 aliphatic carbocycles. The van der Waals surface area contributed by atoms with Crippen LogP contribution in [-0.4, -0.2) is 19.3 Å². The van der Waals surface area contributed by atoms with Crippen molar-refractivity contribution in [3.63, 3.8) is 0 Å². The van der Waals surface area contributed by atoms with Crippen LogP contribution < -0.4 is 15.1 Å². The Bertz CT molecular complexity index is 1120. The number of furan rings is 1. The molecule has 6 nitrogen and oxygen atoms in total. The van der Waals surface area contributed by atoms with E-state index in [4.69, 9.17) is 18.3 Å². The van der Waals surface area contributed by atoms with Crippen molar-refractivity contribution in [3.05, 3.63) is 40.8 Å². The van der Waals surface area contributed by atoms with Crippen LogP contribution in [0.2, 0.25) is 0 Å². The Kier molecular flexibility index (Phi) is 2.74. The van der Waals surface area contributed by atoms with E-state index in [-0.39, 0.29) is 11.3 Å². The van der Waals surface area contributed by atoms with Gasteiger partial charge in [-0.05, 0) is 12.1 Å². The molecule has 0 bridgehead atoms. The molecule has 0 spiro atoms. The van der Waals surface area contributed by atoms with E-state index in [1.54, 1.807) is 18.2 Å². The zero-order valence-corrected chi connectivity index (χ0v) is 12.4. The highest BCUT2D eigenvalue weighted by Crippen LogP contribution is 2.39. The predicted octanol–water partition coefficient (Wildman–Crippen LogP) is 3.42. The largest absolute Gasteiger partial charge is 0.508 e. The van der Waals surface area contributed by atoms with Gasteiger partial charge in [0, 0.05) is 18.2 Å². The molecule has 116 valence electrons. The molecule has 0 atom stereocenters. The lowest BCUT2D eigenvalue weighted by molar-refractivity contribution is 0.397. The van der Waals surface area contributed by atoms with Crippen molar-refractivity contribution in [2.75, 3.05) is 14.2 Å². The Labute approximate surface area is 129 Å². The number of hydrogen-bond acceptors (Lipinski definition) is 6. The van der Waals surface area contributed by atoms with E-state index in [2.05, 4.69) is 0 Å². The fourth-order valence-corrected chi connectivity index (χ4v) is 2.76. The first-order chi connectivity index (χ1) is 11.1. The summed E-state index contributed by atoms with van der Waals surface area (Å²) in [7, 11) is 3.05. The standard InChI is InChI=1S/C17H12O6/c1-20-9-6-12(21-2)14-13(7-9)22-16-10-4-3-8(18)5-11(10)23-17(19)15(14)16/h3-7,18H,1-2H3. The Morgan fingerprint density at radius 3 is 2.52 bits per heavy atom. The number of benzene rings is 2. The van der Waals surface area contributed by atoms with Gasteiger partial charge in [0.2, 0.25) is 0 Å². The van der Waals surface area contributed by atoms with Crippen molar-refractivity contribution < 1.29 is 23.4 Å². The van der Waals surface area contributed by atoms with Crippen LogP contribution in [0.5, 0.6) is 17.2 Å². The Morgan fingerprint density at radius 1 is 0.957 bits per heavy atom. The van der Waals surface area contributed by atoms with Crippen LogP contribution in [0.15, 0.2) is 44.0 Å². The average Bonchev–Trinajstić information content (AvgIpc) is 2.93. The van der Waals surface area contributed by atoms with Crippen LogP contribution in [0.3, 0.4) is 0 Å². The van der Waals surface area contributed by atoms with Gasteiger partial charge >= 0.3 is 5.63 Å². The number of methoxy groups -OCH3 is 2. The van der Waals surface area contributed by atoms with E-state index in [1.165, 1.54) is 26.4 Å². The minimum atomic E-state index is -0.555. The summed E-state index contributed by atoms with van der Waals surface area (Å²) in [4.78, 5) is 12.4. The average molecular weight is 312 g/mol. The van der Waals surface area contributed by atoms with Crippen LogP contribution in [-0.2, 0) is 0 Å². The summed E-state index contributed by atoms with van der Waals surface area (Å²) in [6.45, 7) is 0. The molecule has 4 aromatic rings. The number of aromatic hydroxyl groups is 1. The number of phenols is 1. The first kappa shape index (κ1) is 13.5. The molecule has 4 rings (SSSR count). The van der Waals surface area contributed by atoms with Crippen LogP contribution in [0, 0.1) is 0 Å². The van der Waals surface area contributed by atoms with Crippen molar-refractivity contribution >= 4 is 32.9 Å². The summed E-state index contributed by atoms with van der Waals surface area (Å²) in [6, 6.07) is 7.89. The quantitative estimate of drug-likeness (QED) is 0.571. The fraction of sp³-hybridized carbons (Fsp3) is 0.118. The normalized spacial score (nSPS) is 11.4. The summed E-state index contributed by atoms with van der Waals surface area (Å²) in [6.07, 6.45) is 0. The maximum absolute atomic E-state index is 12.4. The van der Waals surface area contributed by atoms with Crippen molar-refractivity contribution in [2.45, 2.75) is 0 Å². The lowest BCUT2D eigenvalue weighted by Crippen LogP contribution is -1.99. The zero-order chi connectivity index (χ0) is 16.1. The second-order valence-electron chi connectivity index (χ2n) is 5.08. The van der Waals surface area contributed by atoms with Gasteiger partial charge in [-0.25, -0.2) is 4.79 Å². The van der Waals surface area contributed by atoms with Gasteiger partial charge < -0.3 is 23.4 Å². The van der Waals surface area contributed by atoms with Gasteiger partial charge in [-0.2, -0.15) is 0 Å². The van der Waals surface area contributed by atoms with Gasteiger partial charge in [-0.15, -0.1) is 0 Å². The van der Waals surface area contributed by atoms with Crippen molar-refractivity contribution in [3.8, 4) is 17.2 Å². The van der Waals surface area contributed by atoms with Gasteiger partial charge in [0.1, 0.15) is 33.8 Å². The maximum Gasteiger partial charge on any atom is 0.348 e. The molecular weight excluding hydrogens is 300 g/mol. The first-order valence-corrected chi connectivity index (χ1v) is 6.86. The molecule has 2 heterocycles. The molecule has 2 aromatic heterocycles. The SMILES string of the molecule is COc1cc(OC)c2c(c1)oc1c3ccc(O)cc3oc(=O)c12. The van der Waals surface area contributed by atoms with Crippen molar-refractivity contribution in [1.29, 1.82) is 0 Å². The van der Waals surface area contributed by atoms with E-state index in [0.717, 1.165) is 0 Å². The lowest BCUT2D eigenvalue weighted by Gasteiger charge is -2.04. The van der Waals surface area contributed by atoms with E-state index in [1.807, 2.05) is 0 Å². The van der Waals surface area contributed by atoms with E-state index in [9.17, 15) is 9.90 Å². The number of ether oxygens (including phenoxy) is 2. The van der Waals surface area contributed by atoms with E-state index >= 15 is 0 Å². The van der Waals surface area contributed by atoms with Gasteiger partial charge in [0.05, 0.1) is 25.0 Å². The minimum Gasteiger partial charge on any atom is -0.508 e. The van der Waals surface area contributed by atoms with Crippen molar-refractivity contribution in [1.82, 2.24) is 0 Å². The highest BCUT2D eigenvalue weighted by molar-refractivity contribution is 6.15. The third kappa shape index (κ3) is 1.85. The Balaban J connectivity index is 2.27. The van der Waals surface area contributed by atoms with Gasteiger partial charge in [0.15, 0.2) is 5.58 Å². The molecule has 2 aromatic carbocycles. The highest BCUT2D eigenvalue weighted by atomic mass is 16.5. The van der Waals surface area contributed by atoms with Gasteiger partial charge in [-0.3, -0.25) is 0 Å². The molecule has 0 aliphatic heterocycles. The van der Waals surface area contributed by atoms with Gasteiger partial charge in [-0.1, -0.05) is 0 Å². The lowest BCUT2D eigenvalue weighted by atomic mass is 10.1. The summed E-state index contributed by atoms with van der Waals surface area (Å²) >= 11 is 0. The summed E-state index contributed by atoms with van der Waals surface area (Å²) in [5.74, 6) is 1.03. The molecule has 0 radical (unpaired) electrons. The summed E-state index contributed by atoms with van der Waals surface area (Å²) < 4.78 is 21.8. The molecule has 23 heavy (non-hydrogen) atoms. The van der Waals surface area contributed by atoms with Crippen LogP contribution in [0.1, 0.15) is 0 Å². The molecule has 0 unspecified atom stereocenters. The number of rotatable bonds is 2. The maximum atomic E-state index is 12.4. The molecule has 0 fully saturated rings. The monoisotopic (exact) mass is 312 g/mol. The van der Waals surface area contributed by atoms with Crippen LogP contribution >= 0.6 is 0 Å². The zero-order valence-electron chi connectivity index (χ0n) is 12.4. The second-order valence-corrected chi connectivity index (χ2v) is 5.08. The predicted molar refractivity (Wildman–Crippen MR) is 84.5 cm³/mol. The first-order valence-electron chi connectivity index (χ1n) is 6.86. The van der Waals surface area contributed by atoms with E-state index < -0.39 is 5.63 Å². The molecule has 0 aliphatic rings. The summed E-state index contributed by atoms with van der Waals surface area (Å²) in [5, 5.41) is 11.0. The van der Waals surface area contributed by atoms with Crippen molar-refractivity contribution in [2.24, 2.45) is 0 Å². The van der Waals surface area contributed by atoms with E-state index in [0.29, 0.717) is 38.8 Å². The van der Waals surface area contributed by atoms with Crippen LogP contribution in [0.4, 0.5) is 0 Å². The summed E-state index contributed by atoms with van der Waals surface area (Å²) in [5.41, 5.74) is 0.551. The number of fused-ring (bicyclic) bond motifs is 5. The number of phenolic OH excluding ortho intramolecular Hbond substituents is 1. The molecule has 1 N–H and O–H groups in total. The topological polar surface area (TPSA) is 82.0 Å². The third-order valence-electron chi connectivity index (χ3n) is 3.80. The molecule has 6 heteroatoms. The number of hydrogen-bond donors (Lipinski definition) is 1. The molecule has 0 amide bonds. The molecular formula is C17H12O6. The highest BCUT2D eigenvalue weighted by Gasteiger charge is 2.20. The Hall–Kier alpha value is -3.15. The second kappa shape index (κ2) is 4.67. The molecule has 0 saturated heterocycles. The molecule has 0 saturated carbocycles. The Morgan fingerprint density at radius 2 is 1.78 bits per heavy atom. The smallest absolute Gasteiger partial charge is 0.348 e.